The Balaban J connectivity index is 2.54. The molecule has 1 aromatic rings. The van der Waals surface area contributed by atoms with Crippen LogP contribution in [0.15, 0.2) is 17.5 Å². The Morgan fingerprint density at radius 2 is 2.06 bits per heavy atom. The van der Waals surface area contributed by atoms with E-state index in [0.717, 1.165) is 23.7 Å². The first kappa shape index (κ1) is 14.2. The Morgan fingerprint density at radius 1 is 1.38 bits per heavy atom. The predicted molar refractivity (Wildman–Crippen MR) is 77.5 cm³/mol. The van der Waals surface area contributed by atoms with Crippen LogP contribution >= 0.6 is 27.3 Å². The molecule has 0 aliphatic rings. The molecule has 0 saturated heterocycles. The summed E-state index contributed by atoms with van der Waals surface area (Å²) in [7, 11) is 2.22. The molecule has 0 spiro atoms. The van der Waals surface area contributed by atoms with Gasteiger partial charge in [0.1, 0.15) is 0 Å². The number of hydrogen-bond acceptors (Lipinski definition) is 2. The highest BCUT2D eigenvalue weighted by Crippen LogP contribution is 2.25. The SMILES string of the molecule is CC(C)C(CBr)CN(C)C(C)c1cccs1. The van der Waals surface area contributed by atoms with Crippen LogP contribution in [0.2, 0.25) is 0 Å². The zero-order valence-corrected chi connectivity index (χ0v) is 13.0. The van der Waals surface area contributed by atoms with Crippen molar-refractivity contribution in [3.05, 3.63) is 22.4 Å². The van der Waals surface area contributed by atoms with Gasteiger partial charge in [-0.25, -0.2) is 0 Å². The van der Waals surface area contributed by atoms with Crippen LogP contribution < -0.4 is 0 Å². The molecular formula is C13H22BrNS. The van der Waals surface area contributed by atoms with E-state index in [1.54, 1.807) is 0 Å². The molecule has 16 heavy (non-hydrogen) atoms. The standard InChI is InChI=1S/C13H22BrNS/c1-10(2)12(8-14)9-15(4)11(3)13-6-5-7-16-13/h5-7,10-12H,8-9H2,1-4H3. The summed E-state index contributed by atoms with van der Waals surface area (Å²) >= 11 is 5.47. The summed E-state index contributed by atoms with van der Waals surface area (Å²) in [4.78, 5) is 3.91. The van der Waals surface area contributed by atoms with Gasteiger partial charge in [0.2, 0.25) is 0 Å². The van der Waals surface area contributed by atoms with E-state index in [-0.39, 0.29) is 0 Å². The number of alkyl halides is 1. The minimum atomic E-state index is 0.528. The van der Waals surface area contributed by atoms with E-state index in [0.29, 0.717) is 6.04 Å². The van der Waals surface area contributed by atoms with Crippen molar-refractivity contribution >= 4 is 27.3 Å². The lowest BCUT2D eigenvalue weighted by atomic mass is 9.97. The normalized spacial score (nSPS) is 15.7. The van der Waals surface area contributed by atoms with Crippen LogP contribution in [0.4, 0.5) is 0 Å². The molecule has 2 atom stereocenters. The molecule has 0 N–H and O–H groups in total. The highest BCUT2D eigenvalue weighted by atomic mass is 79.9. The van der Waals surface area contributed by atoms with Crippen molar-refractivity contribution in [1.82, 2.24) is 4.90 Å². The molecule has 2 unspecified atom stereocenters. The van der Waals surface area contributed by atoms with Crippen LogP contribution in [-0.2, 0) is 0 Å². The van der Waals surface area contributed by atoms with Crippen LogP contribution in [0.5, 0.6) is 0 Å². The molecular weight excluding hydrogens is 282 g/mol. The van der Waals surface area contributed by atoms with Crippen molar-refractivity contribution in [1.29, 1.82) is 0 Å². The van der Waals surface area contributed by atoms with Gasteiger partial charge in [0.25, 0.3) is 0 Å². The van der Waals surface area contributed by atoms with Crippen LogP contribution in [0.1, 0.15) is 31.7 Å². The van der Waals surface area contributed by atoms with Crippen molar-refractivity contribution in [2.75, 3.05) is 18.9 Å². The third-order valence-electron chi connectivity index (χ3n) is 3.28. The summed E-state index contributed by atoms with van der Waals surface area (Å²) in [5.41, 5.74) is 0. The largest absolute Gasteiger partial charge is 0.299 e. The Labute approximate surface area is 112 Å². The fraction of sp³-hybridized carbons (Fsp3) is 0.692. The predicted octanol–water partition coefficient (Wildman–Crippen LogP) is 4.41. The Hall–Kier alpha value is 0.140. The molecule has 1 nitrogen and oxygen atoms in total. The smallest absolute Gasteiger partial charge is 0.0410 e. The quantitative estimate of drug-likeness (QED) is 0.704. The second-order valence-electron chi connectivity index (χ2n) is 4.79. The monoisotopic (exact) mass is 303 g/mol. The number of halogens is 1. The van der Waals surface area contributed by atoms with E-state index < -0.39 is 0 Å². The first-order chi connectivity index (χ1) is 7.56. The van der Waals surface area contributed by atoms with Gasteiger partial charge in [-0.15, -0.1) is 11.3 Å². The molecule has 0 aliphatic heterocycles. The van der Waals surface area contributed by atoms with Gasteiger partial charge in [0.05, 0.1) is 0 Å². The molecule has 0 fully saturated rings. The maximum atomic E-state index is 3.62. The van der Waals surface area contributed by atoms with Crippen molar-refractivity contribution in [2.24, 2.45) is 11.8 Å². The van der Waals surface area contributed by atoms with Gasteiger partial charge in [-0.2, -0.15) is 0 Å². The van der Waals surface area contributed by atoms with Gasteiger partial charge >= 0.3 is 0 Å². The number of thiophene rings is 1. The molecule has 92 valence electrons. The fourth-order valence-electron chi connectivity index (χ4n) is 1.71. The van der Waals surface area contributed by atoms with E-state index in [4.69, 9.17) is 0 Å². The van der Waals surface area contributed by atoms with Crippen molar-refractivity contribution < 1.29 is 0 Å². The summed E-state index contributed by atoms with van der Waals surface area (Å²) < 4.78 is 0. The van der Waals surface area contributed by atoms with Crippen LogP contribution in [0.3, 0.4) is 0 Å². The summed E-state index contributed by atoms with van der Waals surface area (Å²) in [6, 6.07) is 4.89. The molecule has 0 bridgehead atoms. The summed E-state index contributed by atoms with van der Waals surface area (Å²) in [6.45, 7) is 8.05. The number of rotatable bonds is 6. The highest BCUT2D eigenvalue weighted by molar-refractivity contribution is 9.09. The average molecular weight is 304 g/mol. The Bertz CT molecular complexity index is 284. The van der Waals surface area contributed by atoms with E-state index in [1.165, 1.54) is 4.88 Å². The van der Waals surface area contributed by atoms with E-state index in [9.17, 15) is 0 Å². The maximum Gasteiger partial charge on any atom is 0.0410 e. The second kappa shape index (κ2) is 6.77. The summed E-state index contributed by atoms with van der Waals surface area (Å²) in [5, 5.41) is 3.25. The summed E-state index contributed by atoms with van der Waals surface area (Å²) in [5.74, 6) is 1.46. The van der Waals surface area contributed by atoms with Gasteiger partial charge < -0.3 is 0 Å². The van der Waals surface area contributed by atoms with Gasteiger partial charge in [-0.3, -0.25) is 4.90 Å². The lowest BCUT2D eigenvalue weighted by Crippen LogP contribution is -2.31. The van der Waals surface area contributed by atoms with Crippen LogP contribution in [0, 0.1) is 11.8 Å². The fourth-order valence-corrected chi connectivity index (χ4v) is 3.51. The molecule has 0 radical (unpaired) electrons. The van der Waals surface area contributed by atoms with E-state index in [2.05, 4.69) is 66.2 Å². The highest BCUT2D eigenvalue weighted by Gasteiger charge is 2.18. The average Bonchev–Trinajstić information content (AvgIpc) is 2.77. The second-order valence-corrected chi connectivity index (χ2v) is 6.42. The minimum Gasteiger partial charge on any atom is -0.299 e. The first-order valence-corrected chi connectivity index (χ1v) is 7.86. The van der Waals surface area contributed by atoms with Gasteiger partial charge in [-0.05, 0) is 37.3 Å². The topological polar surface area (TPSA) is 3.24 Å². The zero-order chi connectivity index (χ0) is 12.1. The van der Waals surface area contributed by atoms with Gasteiger partial charge in [0, 0.05) is 22.8 Å². The Morgan fingerprint density at radius 3 is 2.50 bits per heavy atom. The summed E-state index contributed by atoms with van der Waals surface area (Å²) in [6.07, 6.45) is 0. The third-order valence-corrected chi connectivity index (χ3v) is 5.15. The van der Waals surface area contributed by atoms with Crippen LogP contribution in [-0.4, -0.2) is 23.8 Å². The first-order valence-electron chi connectivity index (χ1n) is 5.85. The van der Waals surface area contributed by atoms with Crippen molar-refractivity contribution in [3.8, 4) is 0 Å². The van der Waals surface area contributed by atoms with Crippen LogP contribution in [0.25, 0.3) is 0 Å². The van der Waals surface area contributed by atoms with Gasteiger partial charge in [-0.1, -0.05) is 35.8 Å². The lowest BCUT2D eigenvalue weighted by Gasteiger charge is -2.29. The molecule has 0 aliphatic carbocycles. The minimum absolute atomic E-state index is 0.528. The van der Waals surface area contributed by atoms with E-state index in [1.807, 2.05) is 11.3 Å². The molecule has 0 amide bonds. The molecule has 0 aromatic carbocycles. The molecule has 0 saturated carbocycles. The molecule has 1 aromatic heterocycles. The molecule has 1 rings (SSSR count). The zero-order valence-electron chi connectivity index (χ0n) is 10.6. The number of nitrogens with zero attached hydrogens (tertiary/aromatic N) is 1. The van der Waals surface area contributed by atoms with E-state index >= 15 is 0 Å². The lowest BCUT2D eigenvalue weighted by molar-refractivity contribution is 0.207. The van der Waals surface area contributed by atoms with Gasteiger partial charge in [0.15, 0.2) is 0 Å². The molecule has 1 heterocycles. The number of hydrogen-bond donors (Lipinski definition) is 0. The van der Waals surface area contributed by atoms with Crippen molar-refractivity contribution in [2.45, 2.75) is 26.8 Å². The Kier molecular flexibility index (Phi) is 6.01. The molecule has 3 heteroatoms. The van der Waals surface area contributed by atoms with Crippen molar-refractivity contribution in [3.63, 3.8) is 0 Å². The third kappa shape index (κ3) is 3.86. The maximum absolute atomic E-state index is 3.62.